The van der Waals surface area contributed by atoms with E-state index in [0.29, 0.717) is 26.1 Å². The Morgan fingerprint density at radius 3 is 2.55 bits per heavy atom. The molecule has 0 atom stereocenters. The number of nitrogens with two attached hydrogens (primary N) is 1. The second kappa shape index (κ2) is 8.93. The lowest BCUT2D eigenvalue weighted by atomic mass is 10.1. The van der Waals surface area contributed by atoms with E-state index in [0.717, 1.165) is 29.9 Å². The van der Waals surface area contributed by atoms with Crippen LogP contribution < -0.4 is 27.2 Å². The van der Waals surface area contributed by atoms with Crippen molar-refractivity contribution in [3.05, 3.63) is 50.9 Å². The van der Waals surface area contributed by atoms with Crippen LogP contribution in [0.4, 0.5) is 21.6 Å². The molecule has 8 nitrogen and oxygen atoms in total. The number of nitrogens with one attached hydrogen (secondary N) is 1. The molecule has 3 N–H and O–H groups in total. The van der Waals surface area contributed by atoms with Crippen LogP contribution in [0.5, 0.6) is 0 Å². The highest BCUT2D eigenvalue weighted by atomic mass is 19.1. The Morgan fingerprint density at radius 1 is 1.17 bits per heavy atom. The van der Waals surface area contributed by atoms with Crippen molar-refractivity contribution >= 4 is 23.1 Å². The summed E-state index contributed by atoms with van der Waals surface area (Å²) in [4.78, 5) is 40.3. The maximum Gasteiger partial charge on any atom is 0.333 e. The molecule has 1 aliphatic rings. The first kappa shape index (κ1) is 20.6. The highest BCUT2D eigenvalue weighted by molar-refractivity contribution is 5.90. The fourth-order valence-corrected chi connectivity index (χ4v) is 3.61. The van der Waals surface area contributed by atoms with Crippen molar-refractivity contribution in [3.63, 3.8) is 0 Å². The van der Waals surface area contributed by atoms with Gasteiger partial charge in [0, 0.05) is 25.3 Å². The van der Waals surface area contributed by atoms with Gasteiger partial charge < -0.3 is 16.0 Å². The van der Waals surface area contributed by atoms with Gasteiger partial charge >= 0.3 is 5.69 Å². The van der Waals surface area contributed by atoms with E-state index in [9.17, 15) is 18.8 Å². The average molecular weight is 403 g/mol. The summed E-state index contributed by atoms with van der Waals surface area (Å²) in [5.41, 5.74) is 5.54. The summed E-state index contributed by atoms with van der Waals surface area (Å²) >= 11 is 0. The molecule has 2 aromatic rings. The molecule has 156 valence electrons. The standard InChI is InChI=1S/C20H26FN5O3/c1-2-9-25-18(22)17(24-10-4-3-5-11-24)19(28)26(20(25)29)13-16(27)23-15-8-6-7-14(21)12-15/h6-8,12H,2-5,9-11,13,22H2,1H3,(H,23,27). The topological polar surface area (TPSA) is 102 Å². The van der Waals surface area contributed by atoms with Gasteiger partial charge in [-0.25, -0.2) is 13.8 Å². The van der Waals surface area contributed by atoms with Crippen LogP contribution in [0.2, 0.25) is 0 Å². The molecular weight excluding hydrogens is 377 g/mol. The predicted octanol–water partition coefficient (Wildman–Crippen LogP) is 1.77. The highest BCUT2D eigenvalue weighted by Crippen LogP contribution is 2.21. The lowest BCUT2D eigenvalue weighted by Crippen LogP contribution is -2.47. The zero-order valence-corrected chi connectivity index (χ0v) is 16.5. The van der Waals surface area contributed by atoms with E-state index in [1.807, 2.05) is 11.8 Å². The Kier molecular flexibility index (Phi) is 6.36. The minimum absolute atomic E-state index is 0.144. The number of rotatable bonds is 6. The molecule has 1 aromatic heterocycles. The van der Waals surface area contributed by atoms with Crippen LogP contribution in [-0.4, -0.2) is 28.1 Å². The third-order valence-electron chi connectivity index (χ3n) is 4.97. The summed E-state index contributed by atoms with van der Waals surface area (Å²) in [7, 11) is 0. The number of benzene rings is 1. The van der Waals surface area contributed by atoms with Gasteiger partial charge in [-0.05, 0) is 43.9 Å². The molecule has 29 heavy (non-hydrogen) atoms. The number of hydrogen-bond acceptors (Lipinski definition) is 5. The van der Waals surface area contributed by atoms with Crippen molar-refractivity contribution in [1.29, 1.82) is 0 Å². The number of nitrogen functional groups attached to an aromatic ring is 1. The van der Waals surface area contributed by atoms with Crippen LogP contribution in [0.15, 0.2) is 33.9 Å². The minimum Gasteiger partial charge on any atom is -0.383 e. The van der Waals surface area contributed by atoms with E-state index in [2.05, 4.69) is 5.32 Å². The van der Waals surface area contributed by atoms with Gasteiger partial charge in [0.15, 0.2) is 0 Å². The van der Waals surface area contributed by atoms with Gasteiger partial charge in [-0.15, -0.1) is 0 Å². The number of nitrogens with zero attached hydrogens (tertiary/aromatic N) is 3. The van der Waals surface area contributed by atoms with Crippen LogP contribution in [0.3, 0.4) is 0 Å². The third-order valence-corrected chi connectivity index (χ3v) is 4.97. The molecule has 1 aliphatic heterocycles. The molecule has 1 aromatic carbocycles. The summed E-state index contributed by atoms with van der Waals surface area (Å²) in [5, 5.41) is 2.52. The van der Waals surface area contributed by atoms with Crippen LogP contribution in [0, 0.1) is 5.82 Å². The van der Waals surface area contributed by atoms with E-state index < -0.39 is 29.5 Å². The SMILES string of the molecule is CCCn1c(N)c(N2CCCCC2)c(=O)n(CC(=O)Nc2cccc(F)c2)c1=O. The smallest absolute Gasteiger partial charge is 0.333 e. The van der Waals surface area contributed by atoms with Gasteiger partial charge in [0.1, 0.15) is 23.9 Å². The molecular formula is C20H26FN5O3. The van der Waals surface area contributed by atoms with E-state index in [1.165, 1.54) is 22.8 Å². The Balaban J connectivity index is 1.98. The summed E-state index contributed by atoms with van der Waals surface area (Å²) in [6, 6.07) is 5.41. The second-order valence-electron chi connectivity index (χ2n) is 7.17. The van der Waals surface area contributed by atoms with Gasteiger partial charge in [-0.1, -0.05) is 13.0 Å². The van der Waals surface area contributed by atoms with E-state index in [-0.39, 0.29) is 17.2 Å². The average Bonchev–Trinajstić information content (AvgIpc) is 2.69. The molecule has 1 saturated heterocycles. The minimum atomic E-state index is -0.621. The molecule has 0 bridgehead atoms. The molecule has 0 radical (unpaired) electrons. The highest BCUT2D eigenvalue weighted by Gasteiger charge is 2.24. The lowest BCUT2D eigenvalue weighted by molar-refractivity contribution is -0.116. The van der Waals surface area contributed by atoms with Crippen LogP contribution in [0.1, 0.15) is 32.6 Å². The summed E-state index contributed by atoms with van der Waals surface area (Å²) in [6.07, 6.45) is 3.60. The first-order valence-corrected chi connectivity index (χ1v) is 9.86. The van der Waals surface area contributed by atoms with E-state index >= 15 is 0 Å². The predicted molar refractivity (Wildman–Crippen MR) is 111 cm³/mol. The van der Waals surface area contributed by atoms with Gasteiger partial charge in [0.25, 0.3) is 5.56 Å². The maximum absolute atomic E-state index is 13.3. The van der Waals surface area contributed by atoms with E-state index in [1.54, 1.807) is 0 Å². The second-order valence-corrected chi connectivity index (χ2v) is 7.17. The number of aromatic nitrogens is 2. The third kappa shape index (κ3) is 4.49. The number of hydrogen-bond donors (Lipinski definition) is 2. The van der Waals surface area contributed by atoms with Crippen molar-refractivity contribution in [2.45, 2.75) is 45.7 Å². The summed E-state index contributed by atoms with van der Waals surface area (Å²) in [6.45, 7) is 3.13. The number of halogens is 1. The molecule has 0 unspecified atom stereocenters. The Hall–Kier alpha value is -3.10. The zero-order chi connectivity index (χ0) is 21.0. The van der Waals surface area contributed by atoms with Crippen molar-refractivity contribution in [3.8, 4) is 0 Å². The first-order chi connectivity index (χ1) is 13.9. The van der Waals surface area contributed by atoms with Crippen molar-refractivity contribution in [1.82, 2.24) is 9.13 Å². The van der Waals surface area contributed by atoms with Crippen molar-refractivity contribution in [2.24, 2.45) is 0 Å². The maximum atomic E-state index is 13.3. The van der Waals surface area contributed by atoms with Crippen LogP contribution in [0.25, 0.3) is 0 Å². The van der Waals surface area contributed by atoms with Gasteiger partial charge in [-0.2, -0.15) is 0 Å². The molecule has 0 spiro atoms. The van der Waals surface area contributed by atoms with Gasteiger partial charge in [0.05, 0.1) is 0 Å². The Bertz CT molecular complexity index is 1010. The molecule has 2 heterocycles. The molecule has 0 saturated carbocycles. The summed E-state index contributed by atoms with van der Waals surface area (Å²) < 4.78 is 15.6. The number of carbonyl (C=O) groups excluding carboxylic acids is 1. The number of anilines is 3. The Morgan fingerprint density at radius 2 is 1.90 bits per heavy atom. The number of carbonyl (C=O) groups is 1. The fourth-order valence-electron chi connectivity index (χ4n) is 3.61. The van der Waals surface area contributed by atoms with Crippen LogP contribution >= 0.6 is 0 Å². The van der Waals surface area contributed by atoms with Crippen LogP contribution in [-0.2, 0) is 17.9 Å². The summed E-state index contributed by atoms with van der Waals surface area (Å²) in [5.74, 6) is -0.942. The van der Waals surface area contributed by atoms with Crippen molar-refractivity contribution < 1.29 is 9.18 Å². The zero-order valence-electron chi connectivity index (χ0n) is 16.5. The monoisotopic (exact) mass is 403 g/mol. The quantitative estimate of drug-likeness (QED) is 0.765. The molecule has 0 aliphatic carbocycles. The fraction of sp³-hybridized carbons (Fsp3) is 0.450. The van der Waals surface area contributed by atoms with E-state index in [4.69, 9.17) is 5.73 Å². The normalized spacial score (nSPS) is 14.1. The first-order valence-electron chi connectivity index (χ1n) is 9.86. The molecule has 9 heteroatoms. The molecule has 1 fully saturated rings. The number of amides is 1. The van der Waals surface area contributed by atoms with Gasteiger partial charge in [-0.3, -0.25) is 14.2 Å². The molecule has 3 rings (SSSR count). The Labute approximate surface area is 167 Å². The number of piperidine rings is 1. The van der Waals surface area contributed by atoms with Crippen molar-refractivity contribution in [2.75, 3.05) is 29.0 Å². The van der Waals surface area contributed by atoms with Gasteiger partial charge in [0.2, 0.25) is 5.91 Å². The largest absolute Gasteiger partial charge is 0.383 e. The molecule has 1 amide bonds. The lowest BCUT2D eigenvalue weighted by Gasteiger charge is -2.30.